The number of hydrogen-bond donors (Lipinski definition) is 0. The number of fused-ring (bicyclic) bond motifs is 1. The zero-order chi connectivity index (χ0) is 24.1. The fourth-order valence-electron chi connectivity index (χ4n) is 4.78. The van der Waals surface area contributed by atoms with Gasteiger partial charge >= 0.3 is 0 Å². The number of pyridine rings is 1. The van der Waals surface area contributed by atoms with E-state index in [1.54, 1.807) is 7.11 Å². The summed E-state index contributed by atoms with van der Waals surface area (Å²) in [6, 6.07) is 30.2. The summed E-state index contributed by atoms with van der Waals surface area (Å²) in [6.45, 7) is 6.31. The quantitative estimate of drug-likeness (QED) is 0.292. The van der Waals surface area contributed by atoms with Crippen molar-refractivity contribution in [2.24, 2.45) is 5.92 Å². The second-order valence-electron chi connectivity index (χ2n) is 9.66. The lowest BCUT2D eigenvalue weighted by Crippen LogP contribution is -2.23. The van der Waals surface area contributed by atoms with Crippen LogP contribution >= 0.6 is 0 Å². The minimum Gasteiger partial charge on any atom is -0.481 e. The minimum atomic E-state index is -0.651. The van der Waals surface area contributed by atoms with Gasteiger partial charge in [0.2, 0.25) is 5.88 Å². The molecule has 1 heterocycles. The summed E-state index contributed by atoms with van der Waals surface area (Å²) in [6.07, 6.45) is 2.73. The molecule has 4 aromatic rings. The van der Waals surface area contributed by atoms with Gasteiger partial charge in [-0.15, -0.1) is 0 Å². The minimum absolute atomic E-state index is 0.546. The van der Waals surface area contributed by atoms with Crippen LogP contribution in [0.3, 0.4) is 0 Å². The van der Waals surface area contributed by atoms with Gasteiger partial charge in [-0.3, -0.25) is 0 Å². The Morgan fingerprint density at radius 3 is 2.35 bits per heavy atom. The third kappa shape index (κ3) is 5.29. The average Bonchev–Trinajstić information content (AvgIpc) is 2.84. The molecule has 0 saturated carbocycles. The Labute approximate surface area is 203 Å². The molecule has 0 aliphatic heterocycles. The summed E-state index contributed by atoms with van der Waals surface area (Å²) in [5.41, 5.74) is 6.06. The molecular formula is C31H32N2O. The van der Waals surface area contributed by atoms with Gasteiger partial charge in [-0.05, 0) is 73.4 Å². The highest BCUT2D eigenvalue weighted by molar-refractivity contribution is 5.81. The molecule has 0 aliphatic carbocycles. The normalized spacial score (nSPS) is 13.7. The maximum absolute atomic E-state index is 10.2. The van der Waals surface area contributed by atoms with E-state index in [2.05, 4.69) is 90.8 Å². The molecule has 0 bridgehead atoms. The molecule has 2 unspecified atom stereocenters. The smallest absolute Gasteiger partial charge is 0.216 e. The number of benzene rings is 3. The van der Waals surface area contributed by atoms with E-state index in [1.807, 2.05) is 19.9 Å². The van der Waals surface area contributed by atoms with Crippen molar-refractivity contribution in [2.45, 2.75) is 45.4 Å². The largest absolute Gasteiger partial charge is 0.481 e. The molecule has 0 aliphatic rings. The molecule has 0 fully saturated rings. The first-order valence-electron chi connectivity index (χ1n) is 11.9. The van der Waals surface area contributed by atoms with Gasteiger partial charge in [0.05, 0.1) is 24.1 Å². The highest BCUT2D eigenvalue weighted by Gasteiger charge is 2.27. The fraction of sp³-hybridized carbons (Fsp3) is 0.290. The average molecular weight is 449 g/mol. The molecule has 172 valence electrons. The molecule has 2 atom stereocenters. The van der Waals surface area contributed by atoms with Crippen molar-refractivity contribution in [3.63, 3.8) is 0 Å². The predicted octanol–water partition coefficient (Wildman–Crippen LogP) is 7.00. The standard InChI is InChI=1S/C31H32N2O/c1-22(15-24-9-6-5-7-10-24)16-25-11-8-12-26(18-25)20-31(3,21-32)28-14-13-27-17-23(2)30(34-4)33-29(27)19-28/h5-14,17-19,22H,15-16,20H2,1-4H3. The molecule has 1 aromatic heterocycles. The number of nitriles is 1. The Kier molecular flexibility index (Phi) is 6.98. The maximum atomic E-state index is 10.2. The summed E-state index contributed by atoms with van der Waals surface area (Å²) in [5, 5.41) is 11.3. The van der Waals surface area contributed by atoms with Gasteiger partial charge in [-0.25, -0.2) is 4.98 Å². The summed E-state index contributed by atoms with van der Waals surface area (Å²) >= 11 is 0. The van der Waals surface area contributed by atoms with Crippen molar-refractivity contribution in [2.75, 3.05) is 7.11 Å². The zero-order valence-corrected chi connectivity index (χ0v) is 20.5. The van der Waals surface area contributed by atoms with Crippen LogP contribution in [0.2, 0.25) is 0 Å². The SMILES string of the molecule is COc1nc2cc(C(C)(C#N)Cc3cccc(CC(C)Cc4ccccc4)c3)ccc2cc1C. The van der Waals surface area contributed by atoms with Crippen LogP contribution in [0.4, 0.5) is 0 Å². The lowest BCUT2D eigenvalue weighted by Gasteiger charge is -2.23. The summed E-state index contributed by atoms with van der Waals surface area (Å²) in [4.78, 5) is 4.66. The van der Waals surface area contributed by atoms with Crippen molar-refractivity contribution < 1.29 is 4.74 Å². The Balaban J connectivity index is 1.54. The number of aromatic nitrogens is 1. The third-order valence-corrected chi connectivity index (χ3v) is 6.60. The third-order valence-electron chi connectivity index (χ3n) is 6.60. The van der Waals surface area contributed by atoms with Crippen molar-refractivity contribution in [3.8, 4) is 11.9 Å². The monoisotopic (exact) mass is 448 g/mol. The van der Waals surface area contributed by atoms with Crippen LogP contribution in [0, 0.1) is 24.2 Å². The lowest BCUT2D eigenvalue weighted by molar-refractivity contribution is 0.396. The van der Waals surface area contributed by atoms with Gasteiger partial charge in [0.15, 0.2) is 0 Å². The first-order chi connectivity index (χ1) is 16.4. The topological polar surface area (TPSA) is 45.9 Å². The van der Waals surface area contributed by atoms with Crippen LogP contribution in [0.5, 0.6) is 5.88 Å². The fourth-order valence-corrected chi connectivity index (χ4v) is 4.78. The molecule has 0 spiro atoms. The van der Waals surface area contributed by atoms with Gasteiger partial charge in [0, 0.05) is 10.9 Å². The maximum Gasteiger partial charge on any atom is 0.216 e. The molecule has 0 radical (unpaired) electrons. The summed E-state index contributed by atoms with van der Waals surface area (Å²) < 4.78 is 5.41. The first-order valence-corrected chi connectivity index (χ1v) is 11.9. The molecule has 34 heavy (non-hydrogen) atoms. The summed E-state index contributed by atoms with van der Waals surface area (Å²) in [5.74, 6) is 1.17. The lowest BCUT2D eigenvalue weighted by atomic mass is 9.78. The van der Waals surface area contributed by atoms with E-state index < -0.39 is 5.41 Å². The van der Waals surface area contributed by atoms with E-state index >= 15 is 0 Å². The van der Waals surface area contributed by atoms with Crippen molar-refractivity contribution >= 4 is 10.9 Å². The number of ether oxygens (including phenoxy) is 1. The number of rotatable bonds is 8. The second-order valence-corrected chi connectivity index (χ2v) is 9.66. The Morgan fingerprint density at radius 1 is 0.912 bits per heavy atom. The van der Waals surface area contributed by atoms with Gasteiger partial charge in [0.25, 0.3) is 0 Å². The van der Waals surface area contributed by atoms with Crippen LogP contribution in [-0.4, -0.2) is 12.1 Å². The van der Waals surface area contributed by atoms with Crippen molar-refractivity contribution in [3.05, 3.63) is 107 Å². The van der Waals surface area contributed by atoms with Crippen LogP contribution in [0.15, 0.2) is 78.9 Å². The van der Waals surface area contributed by atoms with Crippen LogP contribution in [0.25, 0.3) is 10.9 Å². The van der Waals surface area contributed by atoms with E-state index in [4.69, 9.17) is 4.74 Å². The van der Waals surface area contributed by atoms with Crippen LogP contribution in [0.1, 0.15) is 41.7 Å². The summed E-state index contributed by atoms with van der Waals surface area (Å²) in [7, 11) is 1.64. The molecule has 4 rings (SSSR count). The van der Waals surface area contributed by atoms with Crippen LogP contribution in [-0.2, 0) is 24.7 Å². The van der Waals surface area contributed by atoms with E-state index in [-0.39, 0.29) is 0 Å². The number of nitrogens with zero attached hydrogens (tertiary/aromatic N) is 2. The van der Waals surface area contributed by atoms with E-state index in [9.17, 15) is 5.26 Å². The highest BCUT2D eigenvalue weighted by Crippen LogP contribution is 2.31. The van der Waals surface area contributed by atoms with Crippen molar-refractivity contribution in [1.29, 1.82) is 5.26 Å². The molecule has 0 saturated heterocycles. The Bertz CT molecular complexity index is 1320. The zero-order valence-electron chi connectivity index (χ0n) is 20.5. The van der Waals surface area contributed by atoms with E-state index in [1.165, 1.54) is 16.7 Å². The Morgan fingerprint density at radius 2 is 1.62 bits per heavy atom. The molecule has 3 heteroatoms. The number of aryl methyl sites for hydroxylation is 1. The molecular weight excluding hydrogens is 416 g/mol. The van der Waals surface area contributed by atoms with Gasteiger partial charge in [-0.1, -0.05) is 73.7 Å². The number of hydrogen-bond acceptors (Lipinski definition) is 3. The number of methoxy groups -OCH3 is 1. The highest BCUT2D eigenvalue weighted by atomic mass is 16.5. The first kappa shape index (κ1) is 23.5. The second kappa shape index (κ2) is 10.1. The van der Waals surface area contributed by atoms with E-state index in [0.29, 0.717) is 18.2 Å². The van der Waals surface area contributed by atoms with Gasteiger partial charge in [0.1, 0.15) is 0 Å². The van der Waals surface area contributed by atoms with Gasteiger partial charge < -0.3 is 4.74 Å². The van der Waals surface area contributed by atoms with Gasteiger partial charge in [-0.2, -0.15) is 5.26 Å². The Hall–Kier alpha value is -3.64. The molecule has 3 nitrogen and oxygen atoms in total. The molecule has 0 N–H and O–H groups in total. The van der Waals surface area contributed by atoms with Crippen molar-refractivity contribution in [1.82, 2.24) is 4.98 Å². The van der Waals surface area contributed by atoms with Crippen LogP contribution < -0.4 is 4.74 Å². The van der Waals surface area contributed by atoms with E-state index in [0.717, 1.165) is 34.9 Å². The molecule has 3 aromatic carbocycles. The predicted molar refractivity (Wildman–Crippen MR) is 139 cm³/mol. The molecule has 0 amide bonds.